The molecule has 1 aliphatic rings. The van der Waals surface area contributed by atoms with Crippen LogP contribution in [0.1, 0.15) is 37.7 Å². The molecule has 0 amide bonds. The second-order valence-electron chi connectivity index (χ2n) is 7.81. The number of furan rings is 1. The highest BCUT2D eigenvalue weighted by Gasteiger charge is 2.16. The number of hydrogen-bond acceptors (Lipinski definition) is 5. The second-order valence-corrected chi connectivity index (χ2v) is 7.81. The highest BCUT2D eigenvalue weighted by Crippen LogP contribution is 2.19. The summed E-state index contributed by atoms with van der Waals surface area (Å²) in [6.45, 7) is 7.33. The lowest BCUT2D eigenvalue weighted by Gasteiger charge is -2.16. The van der Waals surface area contributed by atoms with Gasteiger partial charge in [0.05, 0.1) is 31.6 Å². The summed E-state index contributed by atoms with van der Waals surface area (Å²) in [5.41, 5.74) is 0.814. The number of rotatable bonds is 10. The zero-order chi connectivity index (χ0) is 21.2. The van der Waals surface area contributed by atoms with E-state index in [0.717, 1.165) is 49.7 Å². The molecular formula is C23H33N3O4. The van der Waals surface area contributed by atoms with Crippen LogP contribution in [0.3, 0.4) is 0 Å². The van der Waals surface area contributed by atoms with Gasteiger partial charge in [-0.3, -0.25) is 4.99 Å². The summed E-state index contributed by atoms with van der Waals surface area (Å²) in [7, 11) is 0. The SMILES string of the molecule is CC(C)Oc1ccc(C(O)CN=C(NCCc2ccco2)NCC2CCOC2)cc1. The maximum atomic E-state index is 10.6. The third-order valence-corrected chi connectivity index (χ3v) is 4.89. The predicted molar refractivity (Wildman–Crippen MR) is 117 cm³/mol. The van der Waals surface area contributed by atoms with Gasteiger partial charge in [-0.2, -0.15) is 0 Å². The van der Waals surface area contributed by atoms with E-state index in [-0.39, 0.29) is 12.6 Å². The van der Waals surface area contributed by atoms with E-state index in [2.05, 4.69) is 15.6 Å². The second kappa shape index (κ2) is 11.6. The summed E-state index contributed by atoms with van der Waals surface area (Å²) in [6.07, 6.45) is 2.93. The van der Waals surface area contributed by atoms with Crippen LogP contribution >= 0.6 is 0 Å². The molecule has 0 bridgehead atoms. The fraction of sp³-hybridized carbons (Fsp3) is 0.522. The summed E-state index contributed by atoms with van der Waals surface area (Å²) in [4.78, 5) is 4.59. The largest absolute Gasteiger partial charge is 0.491 e. The van der Waals surface area contributed by atoms with Gasteiger partial charge < -0.3 is 29.6 Å². The van der Waals surface area contributed by atoms with Crippen molar-refractivity contribution in [3.05, 3.63) is 54.0 Å². The topological polar surface area (TPSA) is 88.3 Å². The molecule has 2 aromatic rings. The van der Waals surface area contributed by atoms with Crippen molar-refractivity contribution >= 4 is 5.96 Å². The minimum Gasteiger partial charge on any atom is -0.491 e. The molecule has 1 aromatic carbocycles. The smallest absolute Gasteiger partial charge is 0.191 e. The normalized spacial score (nSPS) is 17.9. The summed E-state index contributed by atoms with van der Waals surface area (Å²) in [5.74, 6) is 2.90. The van der Waals surface area contributed by atoms with Gasteiger partial charge in [0.15, 0.2) is 5.96 Å². The monoisotopic (exact) mass is 415 g/mol. The number of aliphatic hydroxyl groups excluding tert-OH is 1. The number of aliphatic hydroxyl groups is 1. The van der Waals surface area contributed by atoms with Gasteiger partial charge in [0.25, 0.3) is 0 Å². The first-order valence-electron chi connectivity index (χ1n) is 10.7. The van der Waals surface area contributed by atoms with Gasteiger partial charge in [0.1, 0.15) is 11.5 Å². The van der Waals surface area contributed by atoms with Crippen LogP contribution in [0.5, 0.6) is 5.75 Å². The Hall–Kier alpha value is -2.51. The highest BCUT2D eigenvalue weighted by atomic mass is 16.5. The lowest BCUT2D eigenvalue weighted by molar-refractivity contribution is 0.185. The highest BCUT2D eigenvalue weighted by molar-refractivity contribution is 5.79. The molecule has 0 spiro atoms. The van der Waals surface area contributed by atoms with E-state index in [1.54, 1.807) is 6.26 Å². The minimum atomic E-state index is -0.684. The van der Waals surface area contributed by atoms with Crippen molar-refractivity contribution in [3.63, 3.8) is 0 Å². The maximum Gasteiger partial charge on any atom is 0.191 e. The molecule has 1 aliphatic heterocycles. The van der Waals surface area contributed by atoms with Crippen molar-refractivity contribution in [2.45, 2.75) is 38.9 Å². The minimum absolute atomic E-state index is 0.122. The average Bonchev–Trinajstić information content (AvgIpc) is 3.43. The van der Waals surface area contributed by atoms with Crippen LogP contribution in [0.15, 0.2) is 52.1 Å². The number of benzene rings is 1. The first-order chi connectivity index (χ1) is 14.6. The van der Waals surface area contributed by atoms with Gasteiger partial charge in [-0.1, -0.05) is 12.1 Å². The summed E-state index contributed by atoms with van der Waals surface area (Å²) in [6, 6.07) is 11.4. The molecule has 7 nitrogen and oxygen atoms in total. The molecule has 1 aromatic heterocycles. The molecule has 2 unspecified atom stereocenters. The van der Waals surface area contributed by atoms with Crippen molar-refractivity contribution < 1.29 is 19.0 Å². The number of nitrogens with zero attached hydrogens (tertiary/aromatic N) is 1. The molecule has 0 saturated carbocycles. The van der Waals surface area contributed by atoms with Gasteiger partial charge in [0, 0.05) is 32.0 Å². The number of nitrogens with one attached hydrogen (secondary N) is 2. The van der Waals surface area contributed by atoms with E-state index < -0.39 is 6.10 Å². The van der Waals surface area contributed by atoms with E-state index in [1.807, 2.05) is 50.2 Å². The van der Waals surface area contributed by atoms with Crippen LogP contribution in [0.4, 0.5) is 0 Å². The Bertz CT molecular complexity index is 753. The van der Waals surface area contributed by atoms with Crippen molar-refractivity contribution in [3.8, 4) is 5.75 Å². The van der Waals surface area contributed by atoms with Crippen molar-refractivity contribution in [1.82, 2.24) is 10.6 Å². The quantitative estimate of drug-likeness (QED) is 0.409. The third-order valence-electron chi connectivity index (χ3n) is 4.89. The molecule has 1 fully saturated rings. The zero-order valence-corrected chi connectivity index (χ0v) is 17.8. The van der Waals surface area contributed by atoms with Gasteiger partial charge in [-0.25, -0.2) is 0 Å². The Labute approximate surface area is 178 Å². The number of hydrogen-bond donors (Lipinski definition) is 3. The fourth-order valence-corrected chi connectivity index (χ4v) is 3.24. The van der Waals surface area contributed by atoms with Crippen LogP contribution in [-0.2, 0) is 11.2 Å². The van der Waals surface area contributed by atoms with E-state index in [9.17, 15) is 5.11 Å². The van der Waals surface area contributed by atoms with E-state index >= 15 is 0 Å². The molecule has 1 saturated heterocycles. The standard InChI is InChI=1S/C23H33N3O4/c1-17(2)30-21-7-5-19(6-8-21)22(27)15-26-23(25-14-18-10-13-28-16-18)24-11-9-20-4-3-12-29-20/h3-8,12,17-18,22,27H,9-11,13-16H2,1-2H3,(H2,24,25,26). The Balaban J connectivity index is 1.54. The molecule has 30 heavy (non-hydrogen) atoms. The molecule has 2 atom stereocenters. The van der Waals surface area contributed by atoms with Gasteiger partial charge in [-0.15, -0.1) is 0 Å². The lowest BCUT2D eigenvalue weighted by Crippen LogP contribution is -2.41. The summed E-state index contributed by atoms with van der Waals surface area (Å²) in [5, 5.41) is 17.3. The summed E-state index contributed by atoms with van der Waals surface area (Å²) < 4.78 is 16.5. The fourth-order valence-electron chi connectivity index (χ4n) is 3.24. The molecule has 164 valence electrons. The molecule has 0 radical (unpaired) electrons. The predicted octanol–water partition coefficient (Wildman–Crippen LogP) is 2.91. The van der Waals surface area contributed by atoms with E-state index in [1.165, 1.54) is 0 Å². The van der Waals surface area contributed by atoms with Crippen LogP contribution in [-0.4, -0.2) is 50.0 Å². The molecule has 3 N–H and O–H groups in total. The Kier molecular flexibility index (Phi) is 8.59. The molecule has 7 heteroatoms. The van der Waals surface area contributed by atoms with Crippen molar-refractivity contribution in [1.29, 1.82) is 0 Å². The van der Waals surface area contributed by atoms with E-state index in [0.29, 0.717) is 18.4 Å². The molecule has 0 aliphatic carbocycles. The van der Waals surface area contributed by atoms with Gasteiger partial charge in [-0.05, 0) is 50.1 Å². The van der Waals surface area contributed by atoms with Crippen molar-refractivity contribution in [2.24, 2.45) is 10.9 Å². The number of aliphatic imine (C=N–C) groups is 1. The van der Waals surface area contributed by atoms with Gasteiger partial charge in [0.2, 0.25) is 0 Å². The Morgan fingerprint density at radius 2 is 2.07 bits per heavy atom. The van der Waals surface area contributed by atoms with Crippen LogP contribution in [0.25, 0.3) is 0 Å². The molecule has 3 rings (SSSR count). The average molecular weight is 416 g/mol. The van der Waals surface area contributed by atoms with Crippen LogP contribution < -0.4 is 15.4 Å². The zero-order valence-electron chi connectivity index (χ0n) is 17.8. The summed E-state index contributed by atoms with van der Waals surface area (Å²) >= 11 is 0. The molecular weight excluding hydrogens is 382 g/mol. The number of guanidine groups is 1. The van der Waals surface area contributed by atoms with Crippen molar-refractivity contribution in [2.75, 3.05) is 32.8 Å². The Morgan fingerprint density at radius 1 is 1.23 bits per heavy atom. The van der Waals surface area contributed by atoms with Crippen LogP contribution in [0, 0.1) is 5.92 Å². The Morgan fingerprint density at radius 3 is 2.73 bits per heavy atom. The van der Waals surface area contributed by atoms with E-state index in [4.69, 9.17) is 13.9 Å². The first kappa shape index (κ1) is 22.2. The number of ether oxygens (including phenoxy) is 2. The van der Waals surface area contributed by atoms with Crippen LogP contribution in [0.2, 0.25) is 0 Å². The first-order valence-corrected chi connectivity index (χ1v) is 10.7. The third kappa shape index (κ3) is 7.39. The van der Waals surface area contributed by atoms with Gasteiger partial charge >= 0.3 is 0 Å². The molecule has 2 heterocycles. The lowest BCUT2D eigenvalue weighted by atomic mass is 10.1. The maximum absolute atomic E-state index is 10.6.